The van der Waals surface area contributed by atoms with E-state index in [1.54, 1.807) is 6.26 Å². The third-order valence-electron chi connectivity index (χ3n) is 1.86. The second-order valence-corrected chi connectivity index (χ2v) is 3.43. The smallest absolute Gasteiger partial charge is 0.135 e. The van der Waals surface area contributed by atoms with Crippen molar-refractivity contribution in [2.75, 3.05) is 0 Å². The largest absolute Gasteiger partial charge is 0.463 e. The predicted molar refractivity (Wildman–Crippen MR) is 51.8 cm³/mol. The summed E-state index contributed by atoms with van der Waals surface area (Å²) in [6.45, 7) is 0.537. The maximum absolute atomic E-state index is 5.58. The first-order valence-corrected chi connectivity index (χ1v) is 4.47. The van der Waals surface area contributed by atoms with Crippen LogP contribution >= 0.6 is 15.9 Å². The van der Waals surface area contributed by atoms with E-state index in [1.807, 2.05) is 18.2 Å². The molecular formula is C9H8BrNO. The molecule has 2 aromatic rings. The predicted octanol–water partition coefficient (Wildman–Crippen LogP) is 2.65. The fourth-order valence-corrected chi connectivity index (χ4v) is 1.83. The van der Waals surface area contributed by atoms with Crippen LogP contribution < -0.4 is 5.73 Å². The van der Waals surface area contributed by atoms with Crippen LogP contribution in [0.1, 0.15) is 5.56 Å². The first-order valence-electron chi connectivity index (χ1n) is 3.67. The van der Waals surface area contributed by atoms with Gasteiger partial charge in [0.1, 0.15) is 11.8 Å². The molecule has 0 spiro atoms. The lowest BCUT2D eigenvalue weighted by molar-refractivity contribution is 0.613. The molecule has 1 heterocycles. The Hall–Kier alpha value is -0.800. The van der Waals surface area contributed by atoms with Crippen LogP contribution in [-0.2, 0) is 6.54 Å². The van der Waals surface area contributed by atoms with Crippen molar-refractivity contribution in [1.29, 1.82) is 0 Å². The molecule has 0 aliphatic carbocycles. The van der Waals surface area contributed by atoms with E-state index in [2.05, 4.69) is 15.9 Å². The number of hydrogen-bond acceptors (Lipinski definition) is 2. The Labute approximate surface area is 78.5 Å². The first kappa shape index (κ1) is 7.83. The molecule has 12 heavy (non-hydrogen) atoms. The lowest BCUT2D eigenvalue weighted by Gasteiger charge is -1.97. The molecule has 0 fully saturated rings. The van der Waals surface area contributed by atoms with Crippen molar-refractivity contribution >= 4 is 26.9 Å². The number of rotatable bonds is 1. The average molecular weight is 226 g/mol. The maximum atomic E-state index is 5.58. The molecule has 3 heteroatoms. The fraction of sp³-hybridized carbons (Fsp3) is 0.111. The molecule has 0 atom stereocenters. The van der Waals surface area contributed by atoms with E-state index in [1.165, 1.54) is 0 Å². The van der Waals surface area contributed by atoms with Gasteiger partial charge in [0.05, 0.1) is 4.47 Å². The van der Waals surface area contributed by atoms with E-state index >= 15 is 0 Å². The lowest BCUT2D eigenvalue weighted by atomic mass is 10.1. The minimum atomic E-state index is 0.537. The SMILES string of the molecule is NCc1cccc2occ(Br)c12. The van der Waals surface area contributed by atoms with Gasteiger partial charge in [0, 0.05) is 11.9 Å². The van der Waals surface area contributed by atoms with Gasteiger partial charge in [-0.3, -0.25) is 0 Å². The van der Waals surface area contributed by atoms with E-state index in [4.69, 9.17) is 10.2 Å². The second-order valence-electron chi connectivity index (χ2n) is 2.58. The molecule has 2 N–H and O–H groups in total. The Morgan fingerprint density at radius 1 is 1.42 bits per heavy atom. The van der Waals surface area contributed by atoms with E-state index in [9.17, 15) is 0 Å². The van der Waals surface area contributed by atoms with Crippen LogP contribution in [0, 0.1) is 0 Å². The molecule has 0 amide bonds. The molecule has 62 valence electrons. The van der Waals surface area contributed by atoms with Gasteiger partial charge in [-0.2, -0.15) is 0 Å². The Morgan fingerprint density at radius 2 is 2.25 bits per heavy atom. The number of nitrogens with two attached hydrogens (primary N) is 1. The van der Waals surface area contributed by atoms with Crippen LogP contribution in [0.15, 0.2) is 33.4 Å². The number of benzene rings is 1. The van der Waals surface area contributed by atoms with Crippen molar-refractivity contribution in [2.24, 2.45) is 5.73 Å². The zero-order chi connectivity index (χ0) is 8.55. The molecule has 2 nitrogen and oxygen atoms in total. The quantitative estimate of drug-likeness (QED) is 0.811. The zero-order valence-electron chi connectivity index (χ0n) is 6.38. The molecule has 1 aromatic carbocycles. The Balaban J connectivity index is 2.84. The van der Waals surface area contributed by atoms with Gasteiger partial charge >= 0.3 is 0 Å². The number of hydrogen-bond donors (Lipinski definition) is 1. The van der Waals surface area contributed by atoms with Crippen LogP contribution in [-0.4, -0.2) is 0 Å². The molecule has 0 aliphatic rings. The van der Waals surface area contributed by atoms with E-state index in [0.29, 0.717) is 6.54 Å². The summed E-state index contributed by atoms with van der Waals surface area (Å²) >= 11 is 3.41. The number of halogens is 1. The summed E-state index contributed by atoms with van der Waals surface area (Å²) in [6.07, 6.45) is 1.68. The van der Waals surface area contributed by atoms with Gasteiger partial charge in [0.15, 0.2) is 0 Å². The van der Waals surface area contributed by atoms with Gasteiger partial charge in [-0.15, -0.1) is 0 Å². The minimum absolute atomic E-state index is 0.537. The summed E-state index contributed by atoms with van der Waals surface area (Å²) in [7, 11) is 0. The Kier molecular flexibility index (Phi) is 1.90. The van der Waals surface area contributed by atoms with Crippen molar-refractivity contribution in [2.45, 2.75) is 6.54 Å². The van der Waals surface area contributed by atoms with Crippen LogP contribution in [0.3, 0.4) is 0 Å². The second kappa shape index (κ2) is 2.92. The van der Waals surface area contributed by atoms with E-state index < -0.39 is 0 Å². The third-order valence-corrected chi connectivity index (χ3v) is 2.44. The van der Waals surface area contributed by atoms with Crippen LogP contribution in [0.4, 0.5) is 0 Å². The topological polar surface area (TPSA) is 39.2 Å². The van der Waals surface area contributed by atoms with Gasteiger partial charge in [0.2, 0.25) is 0 Å². The van der Waals surface area contributed by atoms with E-state index in [0.717, 1.165) is 21.0 Å². The molecule has 0 radical (unpaired) electrons. The molecule has 2 rings (SSSR count). The van der Waals surface area contributed by atoms with Gasteiger partial charge < -0.3 is 10.2 Å². The molecule has 1 aromatic heterocycles. The summed E-state index contributed by atoms with van der Waals surface area (Å²) in [5.74, 6) is 0. The molecule has 0 aliphatic heterocycles. The van der Waals surface area contributed by atoms with Gasteiger partial charge in [-0.05, 0) is 27.6 Å². The highest BCUT2D eigenvalue weighted by atomic mass is 79.9. The summed E-state index contributed by atoms with van der Waals surface area (Å²) in [5, 5.41) is 1.08. The number of furan rings is 1. The molecule has 0 unspecified atom stereocenters. The minimum Gasteiger partial charge on any atom is -0.463 e. The van der Waals surface area contributed by atoms with E-state index in [-0.39, 0.29) is 0 Å². The zero-order valence-corrected chi connectivity index (χ0v) is 7.97. The van der Waals surface area contributed by atoms with Crippen LogP contribution in [0.5, 0.6) is 0 Å². The maximum Gasteiger partial charge on any atom is 0.135 e. The summed E-state index contributed by atoms with van der Waals surface area (Å²) < 4.78 is 6.26. The molecular weight excluding hydrogens is 218 g/mol. The summed E-state index contributed by atoms with van der Waals surface area (Å²) in [6, 6.07) is 5.88. The third kappa shape index (κ3) is 1.06. The van der Waals surface area contributed by atoms with Crippen molar-refractivity contribution < 1.29 is 4.42 Å². The molecule has 0 saturated carbocycles. The Bertz CT molecular complexity index is 408. The molecule has 0 saturated heterocycles. The lowest BCUT2D eigenvalue weighted by Crippen LogP contribution is -1.95. The summed E-state index contributed by atoms with van der Waals surface area (Å²) in [5.41, 5.74) is 7.57. The van der Waals surface area contributed by atoms with Crippen molar-refractivity contribution in [3.8, 4) is 0 Å². The average Bonchev–Trinajstić information content (AvgIpc) is 2.48. The molecule has 0 bridgehead atoms. The van der Waals surface area contributed by atoms with Crippen LogP contribution in [0.2, 0.25) is 0 Å². The number of fused-ring (bicyclic) bond motifs is 1. The Morgan fingerprint density at radius 3 is 3.00 bits per heavy atom. The van der Waals surface area contributed by atoms with Gasteiger partial charge in [-0.25, -0.2) is 0 Å². The highest BCUT2D eigenvalue weighted by Gasteiger charge is 2.06. The first-order chi connectivity index (χ1) is 5.83. The highest BCUT2D eigenvalue weighted by Crippen LogP contribution is 2.28. The van der Waals surface area contributed by atoms with Crippen molar-refractivity contribution in [3.05, 3.63) is 34.5 Å². The fourth-order valence-electron chi connectivity index (χ4n) is 1.29. The van der Waals surface area contributed by atoms with Gasteiger partial charge in [0.25, 0.3) is 0 Å². The summed E-state index contributed by atoms with van der Waals surface area (Å²) in [4.78, 5) is 0. The van der Waals surface area contributed by atoms with Gasteiger partial charge in [-0.1, -0.05) is 12.1 Å². The normalized spacial score (nSPS) is 10.8. The monoisotopic (exact) mass is 225 g/mol. The van der Waals surface area contributed by atoms with Crippen LogP contribution in [0.25, 0.3) is 11.0 Å². The standard InChI is InChI=1S/C9H8BrNO/c10-7-5-12-8-3-1-2-6(4-11)9(7)8/h1-3,5H,4,11H2. The highest BCUT2D eigenvalue weighted by molar-refractivity contribution is 9.10. The van der Waals surface area contributed by atoms with Crippen molar-refractivity contribution in [3.63, 3.8) is 0 Å². The van der Waals surface area contributed by atoms with Crippen molar-refractivity contribution in [1.82, 2.24) is 0 Å².